The maximum atomic E-state index is 11.9. The minimum Gasteiger partial charge on any atom is -0.294 e. The Balaban J connectivity index is 2.18. The molecular weight excluding hydrogens is 310 g/mol. The van der Waals surface area contributed by atoms with Gasteiger partial charge in [0.15, 0.2) is 5.78 Å². The van der Waals surface area contributed by atoms with Crippen LogP contribution < -0.4 is 0 Å². The third-order valence-corrected chi connectivity index (χ3v) is 4.19. The maximum absolute atomic E-state index is 11.9. The molecule has 16 heavy (non-hydrogen) atoms. The Bertz CT molecular complexity index is 526. The minimum absolute atomic E-state index is 0.0486. The highest BCUT2D eigenvalue weighted by atomic mass is 79.9. The first-order valence-electron chi connectivity index (χ1n) is 4.53. The molecule has 0 aliphatic heterocycles. The lowest BCUT2D eigenvalue weighted by atomic mass is 10.1. The van der Waals surface area contributed by atoms with E-state index in [1.807, 2.05) is 11.4 Å². The average molecular weight is 317 g/mol. The molecule has 0 saturated carbocycles. The molecule has 0 saturated heterocycles. The zero-order valence-corrected chi connectivity index (χ0v) is 11.3. The number of hydrogen-bond acceptors (Lipinski definition) is 3. The molecule has 0 N–H and O–H groups in total. The van der Waals surface area contributed by atoms with Crippen LogP contribution in [-0.2, 0) is 6.42 Å². The number of hydrogen-bond donors (Lipinski definition) is 0. The van der Waals surface area contributed by atoms with Crippen LogP contribution in [0.25, 0.3) is 0 Å². The van der Waals surface area contributed by atoms with E-state index in [0.717, 1.165) is 9.35 Å². The summed E-state index contributed by atoms with van der Waals surface area (Å²) in [5.41, 5.74) is 0.598. The van der Waals surface area contributed by atoms with E-state index >= 15 is 0 Å². The summed E-state index contributed by atoms with van der Waals surface area (Å²) in [6.45, 7) is 0. The van der Waals surface area contributed by atoms with Crippen molar-refractivity contribution in [1.82, 2.24) is 4.98 Å². The molecule has 82 valence electrons. The van der Waals surface area contributed by atoms with Crippen LogP contribution >= 0.6 is 38.9 Å². The van der Waals surface area contributed by atoms with Gasteiger partial charge in [0.05, 0.1) is 0 Å². The van der Waals surface area contributed by atoms with Gasteiger partial charge in [-0.3, -0.25) is 4.79 Å². The van der Waals surface area contributed by atoms with E-state index in [0.29, 0.717) is 17.1 Å². The van der Waals surface area contributed by atoms with E-state index in [2.05, 4.69) is 20.9 Å². The normalized spacial score (nSPS) is 10.4. The summed E-state index contributed by atoms with van der Waals surface area (Å²) in [6.07, 6.45) is 1.93. The van der Waals surface area contributed by atoms with Gasteiger partial charge in [0.2, 0.25) is 0 Å². The van der Waals surface area contributed by atoms with Gasteiger partial charge in [0.25, 0.3) is 0 Å². The molecule has 0 radical (unpaired) electrons. The Morgan fingerprint density at radius 3 is 2.94 bits per heavy atom. The number of thiophene rings is 1. The van der Waals surface area contributed by atoms with E-state index in [1.54, 1.807) is 29.7 Å². The monoisotopic (exact) mass is 315 g/mol. The molecule has 2 aromatic rings. The van der Waals surface area contributed by atoms with Gasteiger partial charge in [-0.25, -0.2) is 4.98 Å². The Morgan fingerprint density at radius 1 is 1.50 bits per heavy atom. The largest absolute Gasteiger partial charge is 0.294 e. The van der Waals surface area contributed by atoms with Crippen LogP contribution in [-0.4, -0.2) is 10.8 Å². The molecule has 0 fully saturated rings. The first kappa shape index (κ1) is 11.8. The lowest BCUT2D eigenvalue weighted by Gasteiger charge is -2.00. The maximum Gasteiger partial charge on any atom is 0.168 e. The second kappa shape index (κ2) is 5.08. The molecule has 0 aromatic carbocycles. The molecule has 0 aliphatic carbocycles. The molecular formula is C11H7BrClNOS. The summed E-state index contributed by atoms with van der Waals surface area (Å²) >= 11 is 10.7. The highest BCUT2D eigenvalue weighted by Gasteiger charge is 2.10. The number of ketones is 1. The molecule has 5 heteroatoms. The summed E-state index contributed by atoms with van der Waals surface area (Å²) in [7, 11) is 0. The van der Waals surface area contributed by atoms with Gasteiger partial charge in [0.1, 0.15) is 5.15 Å². The van der Waals surface area contributed by atoms with Crippen molar-refractivity contribution >= 4 is 44.7 Å². The van der Waals surface area contributed by atoms with Gasteiger partial charge >= 0.3 is 0 Å². The number of nitrogens with zero attached hydrogens (tertiary/aromatic N) is 1. The zero-order chi connectivity index (χ0) is 11.5. The number of aromatic nitrogens is 1. The van der Waals surface area contributed by atoms with Crippen LogP contribution in [0.5, 0.6) is 0 Å². The molecule has 0 bridgehead atoms. The summed E-state index contributed by atoms with van der Waals surface area (Å²) in [6, 6.07) is 5.20. The Hall–Kier alpha value is -0.710. The zero-order valence-electron chi connectivity index (χ0n) is 8.11. The van der Waals surface area contributed by atoms with Gasteiger partial charge in [0, 0.05) is 27.5 Å². The van der Waals surface area contributed by atoms with Crippen molar-refractivity contribution in [2.24, 2.45) is 0 Å². The molecule has 0 spiro atoms. The van der Waals surface area contributed by atoms with Crippen molar-refractivity contribution < 1.29 is 4.79 Å². The molecule has 2 aromatic heterocycles. The number of carbonyl (C=O) groups is 1. The van der Waals surface area contributed by atoms with Crippen LogP contribution in [0, 0.1) is 0 Å². The predicted molar refractivity (Wildman–Crippen MR) is 69.3 cm³/mol. The Morgan fingerprint density at radius 2 is 2.31 bits per heavy atom. The van der Waals surface area contributed by atoms with Gasteiger partial charge in [-0.2, -0.15) is 0 Å². The standard InChI is InChI=1S/C11H7BrClNOS/c12-8-2-4-16-10(8)6-9(15)7-1-3-14-11(13)5-7/h1-5H,6H2. The van der Waals surface area contributed by atoms with Gasteiger partial charge in [-0.1, -0.05) is 11.6 Å². The van der Waals surface area contributed by atoms with Crippen molar-refractivity contribution in [2.75, 3.05) is 0 Å². The lowest BCUT2D eigenvalue weighted by molar-refractivity contribution is 0.0993. The molecule has 2 heterocycles. The van der Waals surface area contributed by atoms with E-state index in [4.69, 9.17) is 11.6 Å². The fourth-order valence-electron chi connectivity index (χ4n) is 1.28. The quantitative estimate of drug-likeness (QED) is 0.633. The number of rotatable bonds is 3. The SMILES string of the molecule is O=C(Cc1sccc1Br)c1ccnc(Cl)c1. The van der Waals surface area contributed by atoms with Gasteiger partial charge < -0.3 is 0 Å². The van der Waals surface area contributed by atoms with E-state index in [-0.39, 0.29) is 5.78 Å². The van der Waals surface area contributed by atoms with Crippen molar-refractivity contribution in [2.45, 2.75) is 6.42 Å². The summed E-state index contributed by atoms with van der Waals surface area (Å²) < 4.78 is 0.978. The molecule has 2 nitrogen and oxygen atoms in total. The van der Waals surface area contributed by atoms with Crippen molar-refractivity contribution in [3.63, 3.8) is 0 Å². The fraction of sp³-hybridized carbons (Fsp3) is 0.0909. The number of Topliss-reactive ketones (excluding diaryl/α,β-unsaturated/α-hetero) is 1. The number of carbonyl (C=O) groups excluding carboxylic acids is 1. The third-order valence-electron chi connectivity index (χ3n) is 2.06. The smallest absolute Gasteiger partial charge is 0.168 e. The third kappa shape index (κ3) is 2.70. The van der Waals surface area contributed by atoms with Gasteiger partial charge in [-0.15, -0.1) is 11.3 Å². The van der Waals surface area contributed by atoms with E-state index in [9.17, 15) is 4.79 Å². The fourth-order valence-corrected chi connectivity index (χ4v) is 2.94. The Labute approximate surface area is 110 Å². The van der Waals surface area contributed by atoms with Crippen LogP contribution in [0.2, 0.25) is 5.15 Å². The molecule has 0 unspecified atom stereocenters. The van der Waals surface area contributed by atoms with E-state index < -0.39 is 0 Å². The van der Waals surface area contributed by atoms with Gasteiger partial charge in [-0.05, 0) is 39.5 Å². The number of halogens is 2. The molecule has 0 aliphatic rings. The van der Waals surface area contributed by atoms with Crippen LogP contribution in [0.1, 0.15) is 15.2 Å². The summed E-state index contributed by atoms with van der Waals surface area (Å²) in [5.74, 6) is 0.0486. The van der Waals surface area contributed by atoms with E-state index in [1.165, 1.54) is 0 Å². The Kier molecular flexibility index (Phi) is 3.74. The predicted octanol–water partition coefficient (Wildman–Crippen LogP) is 3.98. The molecule has 0 amide bonds. The number of pyridine rings is 1. The summed E-state index contributed by atoms with van der Waals surface area (Å²) in [4.78, 5) is 16.8. The second-order valence-electron chi connectivity index (χ2n) is 3.16. The average Bonchev–Trinajstić information content (AvgIpc) is 2.64. The minimum atomic E-state index is 0.0486. The topological polar surface area (TPSA) is 30.0 Å². The first-order chi connectivity index (χ1) is 7.66. The van der Waals surface area contributed by atoms with Crippen molar-refractivity contribution in [3.8, 4) is 0 Å². The summed E-state index contributed by atoms with van der Waals surface area (Å²) in [5, 5.41) is 2.29. The molecule has 0 atom stereocenters. The highest BCUT2D eigenvalue weighted by molar-refractivity contribution is 9.10. The van der Waals surface area contributed by atoms with Crippen LogP contribution in [0.15, 0.2) is 34.2 Å². The van der Waals surface area contributed by atoms with Crippen molar-refractivity contribution in [3.05, 3.63) is 49.8 Å². The van der Waals surface area contributed by atoms with Crippen molar-refractivity contribution in [1.29, 1.82) is 0 Å². The highest BCUT2D eigenvalue weighted by Crippen LogP contribution is 2.24. The van der Waals surface area contributed by atoms with Crippen LogP contribution in [0.4, 0.5) is 0 Å². The van der Waals surface area contributed by atoms with Crippen LogP contribution in [0.3, 0.4) is 0 Å². The first-order valence-corrected chi connectivity index (χ1v) is 6.58. The second-order valence-corrected chi connectivity index (χ2v) is 5.40. The molecule has 2 rings (SSSR count). The lowest BCUT2D eigenvalue weighted by Crippen LogP contribution is -2.02.